The molecular formula is C16H21ClN2S. The fraction of sp³-hybridized carbons (Fsp3) is 0.438. The second kappa shape index (κ2) is 6.70. The van der Waals surface area contributed by atoms with E-state index in [2.05, 4.69) is 50.1 Å². The van der Waals surface area contributed by atoms with Gasteiger partial charge in [-0.05, 0) is 37.5 Å². The maximum atomic E-state index is 5.97. The summed E-state index contributed by atoms with van der Waals surface area (Å²) >= 11 is 7.74. The van der Waals surface area contributed by atoms with Crippen LogP contribution in [-0.2, 0) is 6.54 Å². The van der Waals surface area contributed by atoms with Crippen molar-refractivity contribution in [1.29, 1.82) is 0 Å². The van der Waals surface area contributed by atoms with Crippen molar-refractivity contribution in [3.05, 3.63) is 50.4 Å². The summed E-state index contributed by atoms with van der Waals surface area (Å²) in [4.78, 5) is 5.80. The van der Waals surface area contributed by atoms with Crippen LogP contribution in [0, 0.1) is 19.8 Å². The number of aryl methyl sites for hydroxylation is 2. The van der Waals surface area contributed by atoms with Gasteiger partial charge >= 0.3 is 0 Å². The van der Waals surface area contributed by atoms with Crippen molar-refractivity contribution in [1.82, 2.24) is 10.3 Å². The van der Waals surface area contributed by atoms with Crippen LogP contribution < -0.4 is 5.32 Å². The lowest BCUT2D eigenvalue weighted by Gasteiger charge is -2.23. The second-order valence-corrected chi connectivity index (χ2v) is 7.12. The molecule has 0 amide bonds. The van der Waals surface area contributed by atoms with Gasteiger partial charge in [0.1, 0.15) is 0 Å². The van der Waals surface area contributed by atoms with Gasteiger partial charge in [-0.25, -0.2) is 4.98 Å². The van der Waals surface area contributed by atoms with Gasteiger partial charge in [0.15, 0.2) is 0 Å². The Morgan fingerprint density at radius 3 is 2.35 bits per heavy atom. The van der Waals surface area contributed by atoms with Gasteiger partial charge in [0.2, 0.25) is 0 Å². The number of nitrogens with zero attached hydrogens (tertiary/aromatic N) is 1. The average molecular weight is 309 g/mol. The first-order valence-electron chi connectivity index (χ1n) is 6.89. The van der Waals surface area contributed by atoms with Gasteiger partial charge in [-0.3, -0.25) is 0 Å². The Morgan fingerprint density at radius 1 is 1.20 bits per heavy atom. The van der Waals surface area contributed by atoms with E-state index in [1.165, 1.54) is 10.4 Å². The molecule has 0 aliphatic carbocycles. The third-order valence-corrected chi connectivity index (χ3v) is 4.70. The molecule has 0 fully saturated rings. The Bertz CT molecular complexity index is 560. The van der Waals surface area contributed by atoms with E-state index in [1.807, 2.05) is 12.1 Å². The van der Waals surface area contributed by atoms with Gasteiger partial charge in [-0.1, -0.05) is 37.6 Å². The van der Waals surface area contributed by atoms with Crippen LogP contribution in [0.25, 0.3) is 0 Å². The fourth-order valence-electron chi connectivity index (χ4n) is 2.35. The average Bonchev–Trinajstić information content (AvgIpc) is 2.70. The highest BCUT2D eigenvalue weighted by Crippen LogP contribution is 2.25. The summed E-state index contributed by atoms with van der Waals surface area (Å²) in [6.07, 6.45) is 0. The van der Waals surface area contributed by atoms with E-state index in [1.54, 1.807) is 11.3 Å². The summed E-state index contributed by atoms with van der Waals surface area (Å²) in [5, 5.41) is 5.57. The zero-order valence-corrected chi connectivity index (χ0v) is 14.0. The Balaban J connectivity index is 2.10. The first-order chi connectivity index (χ1) is 9.47. The molecule has 2 nitrogen and oxygen atoms in total. The van der Waals surface area contributed by atoms with Crippen LogP contribution in [0.4, 0.5) is 0 Å². The van der Waals surface area contributed by atoms with Gasteiger partial charge < -0.3 is 5.32 Å². The molecule has 0 bridgehead atoms. The Labute approximate surface area is 130 Å². The van der Waals surface area contributed by atoms with Crippen LogP contribution in [0.3, 0.4) is 0 Å². The third kappa shape index (κ3) is 3.81. The smallest absolute Gasteiger partial charge is 0.0900 e. The normalized spacial score (nSPS) is 12.9. The Kier molecular flexibility index (Phi) is 5.19. The fourth-order valence-corrected chi connectivity index (χ4v) is 3.36. The minimum absolute atomic E-state index is 0.328. The van der Waals surface area contributed by atoms with Crippen molar-refractivity contribution >= 4 is 22.9 Å². The molecular weight excluding hydrogens is 288 g/mol. The van der Waals surface area contributed by atoms with E-state index in [0.717, 1.165) is 22.3 Å². The van der Waals surface area contributed by atoms with Crippen LogP contribution >= 0.6 is 22.9 Å². The second-order valence-electron chi connectivity index (χ2n) is 5.40. The largest absolute Gasteiger partial charge is 0.305 e. The lowest BCUT2D eigenvalue weighted by Crippen LogP contribution is -2.25. The van der Waals surface area contributed by atoms with Crippen molar-refractivity contribution in [3.8, 4) is 0 Å². The number of benzene rings is 1. The van der Waals surface area contributed by atoms with Crippen molar-refractivity contribution in [2.75, 3.05) is 0 Å². The van der Waals surface area contributed by atoms with E-state index in [9.17, 15) is 0 Å². The van der Waals surface area contributed by atoms with E-state index >= 15 is 0 Å². The number of aromatic nitrogens is 1. The predicted molar refractivity (Wildman–Crippen MR) is 87.5 cm³/mol. The molecule has 2 rings (SSSR count). The molecule has 4 heteroatoms. The number of hydrogen-bond acceptors (Lipinski definition) is 3. The molecule has 0 aliphatic heterocycles. The zero-order chi connectivity index (χ0) is 14.7. The van der Waals surface area contributed by atoms with Gasteiger partial charge in [-0.15, -0.1) is 11.3 Å². The molecule has 1 heterocycles. The number of hydrogen-bond donors (Lipinski definition) is 1. The Hall–Kier alpha value is -0.900. The molecule has 1 aromatic carbocycles. The van der Waals surface area contributed by atoms with Gasteiger partial charge in [0.05, 0.1) is 10.7 Å². The van der Waals surface area contributed by atoms with Crippen molar-refractivity contribution in [2.45, 2.75) is 40.3 Å². The van der Waals surface area contributed by atoms with Crippen LogP contribution in [0.2, 0.25) is 5.02 Å². The Morgan fingerprint density at radius 2 is 1.85 bits per heavy atom. The van der Waals surface area contributed by atoms with Crippen molar-refractivity contribution < 1.29 is 0 Å². The summed E-state index contributed by atoms with van der Waals surface area (Å²) in [5.41, 5.74) is 2.42. The monoisotopic (exact) mass is 308 g/mol. The lowest BCUT2D eigenvalue weighted by atomic mass is 9.96. The molecule has 1 aromatic heterocycles. The van der Waals surface area contributed by atoms with Gasteiger partial charge in [0, 0.05) is 22.5 Å². The number of nitrogens with one attached hydrogen (secondary N) is 1. The molecule has 0 saturated carbocycles. The predicted octanol–water partition coefficient (Wildman–Crippen LogP) is 4.90. The lowest BCUT2D eigenvalue weighted by molar-refractivity contribution is 0.411. The quantitative estimate of drug-likeness (QED) is 0.849. The first-order valence-corrected chi connectivity index (χ1v) is 8.08. The minimum Gasteiger partial charge on any atom is -0.305 e. The summed E-state index contributed by atoms with van der Waals surface area (Å²) in [6, 6.07) is 8.44. The SMILES string of the molecule is Cc1nc(C)c(CNC(c2ccc(Cl)cc2)C(C)C)s1. The third-order valence-electron chi connectivity index (χ3n) is 3.38. The standard InChI is InChI=1S/C16H21ClN2S/c1-10(2)16(13-5-7-14(17)8-6-13)18-9-15-11(3)19-12(4)20-15/h5-8,10,16,18H,9H2,1-4H3. The maximum absolute atomic E-state index is 5.97. The van der Waals surface area contributed by atoms with Crippen LogP contribution in [-0.4, -0.2) is 4.98 Å². The summed E-state index contributed by atoms with van der Waals surface area (Å²) in [5.74, 6) is 0.519. The molecule has 20 heavy (non-hydrogen) atoms. The van der Waals surface area contributed by atoms with Gasteiger partial charge in [-0.2, -0.15) is 0 Å². The molecule has 0 spiro atoms. The molecule has 1 N–H and O–H groups in total. The number of halogens is 1. The van der Waals surface area contributed by atoms with Crippen LogP contribution in [0.15, 0.2) is 24.3 Å². The van der Waals surface area contributed by atoms with E-state index in [-0.39, 0.29) is 0 Å². The molecule has 108 valence electrons. The number of thiazole rings is 1. The zero-order valence-electron chi connectivity index (χ0n) is 12.4. The summed E-state index contributed by atoms with van der Waals surface area (Å²) < 4.78 is 0. The van der Waals surface area contributed by atoms with E-state index in [0.29, 0.717) is 12.0 Å². The van der Waals surface area contributed by atoms with E-state index in [4.69, 9.17) is 11.6 Å². The van der Waals surface area contributed by atoms with Crippen LogP contribution in [0.1, 0.15) is 41.0 Å². The first kappa shape index (κ1) is 15.5. The van der Waals surface area contributed by atoms with Crippen molar-refractivity contribution in [3.63, 3.8) is 0 Å². The van der Waals surface area contributed by atoms with E-state index < -0.39 is 0 Å². The molecule has 0 radical (unpaired) electrons. The molecule has 0 saturated heterocycles. The summed E-state index contributed by atoms with van der Waals surface area (Å²) in [7, 11) is 0. The van der Waals surface area contributed by atoms with Crippen LogP contribution in [0.5, 0.6) is 0 Å². The molecule has 2 aromatic rings. The van der Waals surface area contributed by atoms with Crippen molar-refractivity contribution in [2.24, 2.45) is 5.92 Å². The highest BCUT2D eigenvalue weighted by Gasteiger charge is 2.16. The summed E-state index contributed by atoms with van der Waals surface area (Å²) in [6.45, 7) is 9.46. The minimum atomic E-state index is 0.328. The number of rotatable bonds is 5. The maximum Gasteiger partial charge on any atom is 0.0900 e. The topological polar surface area (TPSA) is 24.9 Å². The highest BCUT2D eigenvalue weighted by atomic mass is 35.5. The highest BCUT2D eigenvalue weighted by molar-refractivity contribution is 7.11. The molecule has 0 aliphatic rings. The van der Waals surface area contributed by atoms with Gasteiger partial charge in [0.25, 0.3) is 0 Å². The molecule has 1 atom stereocenters. The molecule has 1 unspecified atom stereocenters.